The van der Waals surface area contributed by atoms with Crippen LogP contribution in [0, 0.1) is 17.3 Å². The lowest BCUT2D eigenvalue weighted by Gasteiger charge is -2.52. The van der Waals surface area contributed by atoms with Crippen LogP contribution in [0.1, 0.15) is 52.9 Å². The molecule has 22 heavy (non-hydrogen) atoms. The molecule has 128 valence electrons. The number of rotatable bonds is 3. The monoisotopic (exact) mass is 314 g/mol. The molecule has 1 unspecified atom stereocenters. The molecule has 0 radical (unpaired) electrons. The Bertz CT molecular complexity index is 381. The van der Waals surface area contributed by atoms with Crippen molar-refractivity contribution in [3.05, 3.63) is 0 Å². The number of nitrogens with zero attached hydrogens (tertiary/aromatic N) is 2. The van der Waals surface area contributed by atoms with E-state index in [0.29, 0.717) is 18.4 Å². The van der Waals surface area contributed by atoms with Gasteiger partial charge in [-0.05, 0) is 76.9 Å². The van der Waals surface area contributed by atoms with E-state index in [1.165, 1.54) is 25.7 Å². The highest BCUT2D eigenvalue weighted by atomic mass is 19.3. The van der Waals surface area contributed by atoms with E-state index in [1.54, 1.807) is 0 Å². The molecule has 1 atom stereocenters. The minimum atomic E-state index is -2.53. The van der Waals surface area contributed by atoms with Crippen molar-refractivity contribution in [2.45, 2.75) is 64.8 Å². The highest BCUT2D eigenvalue weighted by Gasteiger charge is 2.47. The Labute approximate surface area is 134 Å². The minimum Gasteiger partial charge on any atom is -0.303 e. The van der Waals surface area contributed by atoms with Crippen LogP contribution in [0.4, 0.5) is 8.78 Å². The first-order chi connectivity index (χ1) is 10.3. The fraction of sp³-hybridized carbons (Fsp3) is 1.00. The van der Waals surface area contributed by atoms with Crippen LogP contribution in [0.15, 0.2) is 0 Å². The van der Waals surface area contributed by atoms with Crippen molar-refractivity contribution < 1.29 is 8.78 Å². The van der Waals surface area contributed by atoms with Crippen LogP contribution < -0.4 is 0 Å². The Morgan fingerprint density at radius 2 is 1.73 bits per heavy atom. The van der Waals surface area contributed by atoms with Crippen LogP contribution in [0.3, 0.4) is 0 Å². The highest BCUT2D eigenvalue weighted by molar-refractivity contribution is 4.97. The number of likely N-dealkylation sites (tertiary alicyclic amines) is 2. The largest absolute Gasteiger partial charge is 0.303 e. The predicted molar refractivity (Wildman–Crippen MR) is 86.3 cm³/mol. The Kier molecular flexibility index (Phi) is 4.54. The molecule has 1 spiro atoms. The highest BCUT2D eigenvalue weighted by Crippen LogP contribution is 2.52. The van der Waals surface area contributed by atoms with Crippen LogP contribution in [0.2, 0.25) is 0 Å². The van der Waals surface area contributed by atoms with Gasteiger partial charge in [-0.2, -0.15) is 0 Å². The average molecular weight is 314 g/mol. The third-order valence-electron chi connectivity index (χ3n) is 6.46. The molecule has 0 aromatic carbocycles. The first kappa shape index (κ1) is 16.6. The zero-order chi connectivity index (χ0) is 16.0. The third-order valence-corrected chi connectivity index (χ3v) is 6.46. The molecule has 4 heteroatoms. The van der Waals surface area contributed by atoms with Crippen molar-refractivity contribution in [3.8, 4) is 0 Å². The maximum atomic E-state index is 14.4. The summed E-state index contributed by atoms with van der Waals surface area (Å²) in [6.45, 7) is 9.81. The van der Waals surface area contributed by atoms with Gasteiger partial charge in [0.1, 0.15) is 0 Å². The molecule has 3 fully saturated rings. The molecule has 2 saturated heterocycles. The van der Waals surface area contributed by atoms with Crippen molar-refractivity contribution in [3.63, 3.8) is 0 Å². The molecule has 0 N–H and O–H groups in total. The van der Waals surface area contributed by atoms with Gasteiger partial charge < -0.3 is 4.90 Å². The molecule has 2 heterocycles. The Morgan fingerprint density at radius 1 is 1.09 bits per heavy atom. The van der Waals surface area contributed by atoms with E-state index < -0.39 is 11.8 Å². The molecule has 0 amide bonds. The summed E-state index contributed by atoms with van der Waals surface area (Å²) in [6.07, 6.45) is 5.83. The summed E-state index contributed by atoms with van der Waals surface area (Å²) in [7, 11) is 0. The zero-order valence-electron chi connectivity index (χ0n) is 14.5. The van der Waals surface area contributed by atoms with Gasteiger partial charge in [-0.15, -0.1) is 0 Å². The van der Waals surface area contributed by atoms with Gasteiger partial charge in [-0.25, -0.2) is 8.78 Å². The van der Waals surface area contributed by atoms with Gasteiger partial charge in [-0.1, -0.05) is 6.92 Å². The van der Waals surface area contributed by atoms with E-state index in [4.69, 9.17) is 0 Å². The quantitative estimate of drug-likeness (QED) is 0.780. The summed E-state index contributed by atoms with van der Waals surface area (Å²) in [5, 5.41) is 0. The van der Waals surface area contributed by atoms with Crippen molar-refractivity contribution in [2.24, 2.45) is 17.3 Å². The normalized spacial score (nSPS) is 33.3. The SMILES string of the molecule is CC1CC2(CCN(CC3CCN(C(C)C)CC3(F)F)CC2)C1. The Hall–Kier alpha value is -0.220. The van der Waals surface area contributed by atoms with Gasteiger partial charge >= 0.3 is 0 Å². The van der Waals surface area contributed by atoms with E-state index >= 15 is 0 Å². The molecular formula is C18H32F2N2. The summed E-state index contributed by atoms with van der Waals surface area (Å²) in [5.74, 6) is -2.09. The topological polar surface area (TPSA) is 6.48 Å². The van der Waals surface area contributed by atoms with Crippen molar-refractivity contribution in [1.29, 1.82) is 0 Å². The molecule has 2 aliphatic heterocycles. The van der Waals surface area contributed by atoms with Crippen molar-refractivity contribution in [2.75, 3.05) is 32.7 Å². The van der Waals surface area contributed by atoms with E-state index in [9.17, 15) is 8.78 Å². The molecule has 0 aromatic heterocycles. The smallest absolute Gasteiger partial charge is 0.264 e. The van der Waals surface area contributed by atoms with Crippen LogP contribution in [-0.4, -0.2) is 54.5 Å². The summed E-state index contributed by atoms with van der Waals surface area (Å²) >= 11 is 0. The molecule has 0 aromatic rings. The van der Waals surface area contributed by atoms with Gasteiger partial charge in [0.25, 0.3) is 5.92 Å². The van der Waals surface area contributed by atoms with Gasteiger partial charge in [-0.3, -0.25) is 4.90 Å². The summed E-state index contributed by atoms with van der Waals surface area (Å²) < 4.78 is 28.9. The first-order valence-electron chi connectivity index (χ1n) is 9.14. The van der Waals surface area contributed by atoms with E-state index in [0.717, 1.165) is 25.6 Å². The van der Waals surface area contributed by atoms with E-state index in [-0.39, 0.29) is 12.6 Å². The van der Waals surface area contributed by atoms with Crippen LogP contribution in [0.25, 0.3) is 0 Å². The molecule has 3 aliphatic rings. The average Bonchev–Trinajstić information content (AvgIpc) is 2.41. The standard InChI is InChI=1S/C18H32F2N2/c1-14(2)22-7-4-16(18(19,20)13-22)12-21-8-5-17(6-9-21)10-15(3)11-17/h14-16H,4-13H2,1-3H3. The van der Waals surface area contributed by atoms with Crippen LogP contribution in [0.5, 0.6) is 0 Å². The number of hydrogen-bond donors (Lipinski definition) is 0. The number of piperidine rings is 2. The third kappa shape index (κ3) is 3.33. The second-order valence-electron chi connectivity index (χ2n) is 8.62. The Balaban J connectivity index is 1.49. The summed E-state index contributed by atoms with van der Waals surface area (Å²) in [6, 6.07) is 0.224. The fourth-order valence-corrected chi connectivity index (χ4v) is 5.03. The predicted octanol–water partition coefficient (Wildman–Crippen LogP) is 3.86. The minimum absolute atomic E-state index is 0.0510. The van der Waals surface area contributed by atoms with Crippen molar-refractivity contribution >= 4 is 0 Å². The number of hydrogen-bond acceptors (Lipinski definition) is 2. The lowest BCUT2D eigenvalue weighted by atomic mass is 9.58. The molecular weight excluding hydrogens is 282 g/mol. The second kappa shape index (κ2) is 6.01. The molecule has 2 nitrogen and oxygen atoms in total. The molecule has 3 rings (SSSR count). The fourth-order valence-electron chi connectivity index (χ4n) is 5.03. The van der Waals surface area contributed by atoms with Gasteiger partial charge in [0.05, 0.1) is 6.54 Å². The lowest BCUT2D eigenvalue weighted by molar-refractivity contribution is -0.128. The molecule has 1 aliphatic carbocycles. The summed E-state index contributed by atoms with van der Waals surface area (Å²) in [5.41, 5.74) is 0.583. The first-order valence-corrected chi connectivity index (χ1v) is 9.14. The maximum Gasteiger partial charge on any atom is 0.264 e. The lowest BCUT2D eigenvalue weighted by Crippen LogP contribution is -2.55. The Morgan fingerprint density at radius 3 is 2.23 bits per heavy atom. The number of alkyl halides is 2. The number of halogens is 2. The zero-order valence-corrected chi connectivity index (χ0v) is 14.5. The van der Waals surface area contributed by atoms with E-state index in [1.807, 2.05) is 18.7 Å². The molecule has 1 saturated carbocycles. The second-order valence-corrected chi connectivity index (χ2v) is 8.62. The van der Waals surface area contributed by atoms with Gasteiger partial charge in [0, 0.05) is 18.5 Å². The van der Waals surface area contributed by atoms with Gasteiger partial charge in [0.15, 0.2) is 0 Å². The maximum absolute atomic E-state index is 14.4. The van der Waals surface area contributed by atoms with Crippen molar-refractivity contribution in [1.82, 2.24) is 9.80 Å². The van der Waals surface area contributed by atoms with E-state index in [2.05, 4.69) is 11.8 Å². The molecule has 0 bridgehead atoms. The van der Waals surface area contributed by atoms with Gasteiger partial charge in [0.2, 0.25) is 0 Å². The summed E-state index contributed by atoms with van der Waals surface area (Å²) in [4.78, 5) is 4.25. The van der Waals surface area contributed by atoms with Crippen LogP contribution >= 0.6 is 0 Å². The van der Waals surface area contributed by atoms with Crippen LogP contribution in [-0.2, 0) is 0 Å².